The lowest BCUT2D eigenvalue weighted by atomic mass is 9.99. The number of rotatable bonds is 5. The molecule has 0 spiro atoms. The second-order valence-electron chi connectivity index (χ2n) is 5.36. The largest absolute Gasteiger partial charge is 0.493 e. The fraction of sp³-hybridized carbons (Fsp3) is 0.533. The molecular weight excluding hydrogens is 262 g/mol. The molecule has 0 atom stereocenters. The van der Waals surface area contributed by atoms with Gasteiger partial charge in [-0.2, -0.15) is 0 Å². The zero-order chi connectivity index (χ0) is 14.5. The van der Waals surface area contributed by atoms with Gasteiger partial charge in [-0.15, -0.1) is 0 Å². The number of benzene rings is 1. The minimum absolute atomic E-state index is 0.0842. The summed E-state index contributed by atoms with van der Waals surface area (Å²) in [5.41, 5.74) is 1.07. The van der Waals surface area contributed by atoms with E-state index in [0.717, 1.165) is 23.5 Å². The van der Waals surface area contributed by atoms with Crippen LogP contribution in [0.25, 0.3) is 0 Å². The molecule has 1 rings (SSSR count). The summed E-state index contributed by atoms with van der Waals surface area (Å²) in [6.45, 7) is 6.82. The van der Waals surface area contributed by atoms with Crippen LogP contribution in [0.4, 0.5) is 0 Å². The van der Waals surface area contributed by atoms with Crippen LogP contribution in [-0.2, 0) is 6.42 Å². The van der Waals surface area contributed by atoms with Gasteiger partial charge >= 0.3 is 0 Å². The van der Waals surface area contributed by atoms with E-state index < -0.39 is 0 Å². The fourth-order valence-corrected chi connectivity index (χ4v) is 1.64. The van der Waals surface area contributed by atoms with Crippen molar-refractivity contribution in [3.05, 3.63) is 23.8 Å². The number of hydrogen-bond acceptors (Lipinski definition) is 3. The highest BCUT2D eigenvalue weighted by Gasteiger charge is 2.15. The number of ether oxygens (including phenoxy) is 2. The first-order chi connectivity index (χ1) is 8.88. The molecule has 3 nitrogen and oxygen atoms in total. The Morgan fingerprint density at radius 2 is 1.79 bits per heavy atom. The molecule has 4 heteroatoms. The number of aliphatic imine (C=N–C) groups is 1. The molecule has 0 aliphatic heterocycles. The van der Waals surface area contributed by atoms with Crippen molar-refractivity contribution in [3.8, 4) is 11.5 Å². The van der Waals surface area contributed by atoms with E-state index in [1.54, 1.807) is 14.2 Å². The van der Waals surface area contributed by atoms with Gasteiger partial charge in [-0.25, -0.2) is 0 Å². The maximum Gasteiger partial charge on any atom is 0.160 e. The summed E-state index contributed by atoms with van der Waals surface area (Å²) >= 11 is 6.13. The average Bonchev–Trinajstić information content (AvgIpc) is 2.37. The Balaban J connectivity index is 2.69. The normalized spacial score (nSPS) is 12.4. The third kappa shape index (κ3) is 4.75. The van der Waals surface area contributed by atoms with Crippen molar-refractivity contribution < 1.29 is 9.47 Å². The highest BCUT2D eigenvalue weighted by molar-refractivity contribution is 6.66. The van der Waals surface area contributed by atoms with Gasteiger partial charge in [0.25, 0.3) is 0 Å². The van der Waals surface area contributed by atoms with Crippen LogP contribution < -0.4 is 9.47 Å². The van der Waals surface area contributed by atoms with Crippen molar-refractivity contribution in [1.29, 1.82) is 0 Å². The summed E-state index contributed by atoms with van der Waals surface area (Å²) in [7, 11) is 3.27. The molecule has 0 bridgehead atoms. The predicted molar refractivity (Wildman–Crippen MR) is 80.9 cm³/mol. The molecule has 0 aliphatic carbocycles. The molecule has 0 fully saturated rings. The molecule has 0 saturated heterocycles. The lowest BCUT2D eigenvalue weighted by molar-refractivity contribution is 0.354. The van der Waals surface area contributed by atoms with Crippen LogP contribution in [0.3, 0.4) is 0 Å². The van der Waals surface area contributed by atoms with E-state index in [2.05, 4.69) is 25.8 Å². The zero-order valence-electron chi connectivity index (χ0n) is 12.3. The smallest absolute Gasteiger partial charge is 0.160 e. The number of hydrogen-bond donors (Lipinski definition) is 0. The first-order valence-corrected chi connectivity index (χ1v) is 6.67. The van der Waals surface area contributed by atoms with Crippen molar-refractivity contribution in [1.82, 2.24) is 0 Å². The molecule has 106 valence electrons. The fourth-order valence-electron chi connectivity index (χ4n) is 1.56. The average molecular weight is 284 g/mol. The Bertz CT molecular complexity index is 450. The molecule has 0 saturated carbocycles. The number of methoxy groups -OCH3 is 2. The summed E-state index contributed by atoms with van der Waals surface area (Å²) in [4.78, 5) is 4.40. The van der Waals surface area contributed by atoms with E-state index in [-0.39, 0.29) is 5.41 Å². The Morgan fingerprint density at radius 3 is 2.32 bits per heavy atom. The van der Waals surface area contributed by atoms with Crippen molar-refractivity contribution >= 4 is 16.8 Å². The Labute approximate surface area is 120 Å². The topological polar surface area (TPSA) is 30.8 Å². The summed E-state index contributed by atoms with van der Waals surface area (Å²) in [5, 5.41) is 0.660. The highest BCUT2D eigenvalue weighted by Crippen LogP contribution is 2.27. The second kappa shape index (κ2) is 6.80. The summed E-state index contributed by atoms with van der Waals surface area (Å²) in [6.07, 6.45) is 0.826. The molecule has 0 amide bonds. The SMILES string of the molecule is COc1ccc(CCN=C(Cl)C(C)(C)C)cc1OC. The maximum atomic E-state index is 6.13. The van der Waals surface area contributed by atoms with E-state index in [4.69, 9.17) is 21.1 Å². The van der Waals surface area contributed by atoms with Gasteiger partial charge in [0.05, 0.1) is 14.2 Å². The van der Waals surface area contributed by atoms with E-state index >= 15 is 0 Å². The van der Waals surface area contributed by atoms with Gasteiger partial charge in [0.1, 0.15) is 5.17 Å². The van der Waals surface area contributed by atoms with Crippen LogP contribution in [0.15, 0.2) is 23.2 Å². The quantitative estimate of drug-likeness (QED) is 0.767. The van der Waals surface area contributed by atoms with Gasteiger partial charge in [0.15, 0.2) is 11.5 Å². The molecule has 0 aromatic heterocycles. The lowest BCUT2D eigenvalue weighted by Crippen LogP contribution is -2.15. The summed E-state index contributed by atoms with van der Waals surface area (Å²) in [6, 6.07) is 5.89. The zero-order valence-corrected chi connectivity index (χ0v) is 13.0. The summed E-state index contributed by atoms with van der Waals surface area (Å²) < 4.78 is 10.5. The molecule has 0 heterocycles. The Morgan fingerprint density at radius 1 is 1.16 bits per heavy atom. The first kappa shape index (κ1) is 15.8. The molecule has 1 aromatic rings. The van der Waals surface area contributed by atoms with Crippen molar-refractivity contribution in [2.24, 2.45) is 10.4 Å². The predicted octanol–water partition coefficient (Wildman–Crippen LogP) is 3.93. The number of halogens is 1. The molecule has 19 heavy (non-hydrogen) atoms. The minimum atomic E-state index is -0.0842. The van der Waals surface area contributed by atoms with Gasteiger partial charge < -0.3 is 9.47 Å². The van der Waals surface area contributed by atoms with Crippen molar-refractivity contribution in [2.75, 3.05) is 20.8 Å². The summed E-state index contributed by atoms with van der Waals surface area (Å²) in [5.74, 6) is 1.48. The van der Waals surface area contributed by atoms with Crippen LogP contribution in [0.2, 0.25) is 0 Å². The maximum absolute atomic E-state index is 6.13. The Hall–Kier alpha value is -1.22. The van der Waals surface area contributed by atoms with E-state index in [9.17, 15) is 0 Å². The van der Waals surface area contributed by atoms with Gasteiger partial charge in [-0.1, -0.05) is 38.4 Å². The molecule has 0 aliphatic rings. The third-order valence-corrected chi connectivity index (χ3v) is 3.40. The van der Waals surface area contributed by atoms with Gasteiger partial charge in [-0.05, 0) is 24.1 Å². The van der Waals surface area contributed by atoms with Gasteiger partial charge in [0, 0.05) is 12.0 Å². The Kier molecular flexibility index (Phi) is 5.67. The van der Waals surface area contributed by atoms with Crippen molar-refractivity contribution in [3.63, 3.8) is 0 Å². The second-order valence-corrected chi connectivity index (χ2v) is 5.72. The third-order valence-electron chi connectivity index (χ3n) is 2.72. The lowest BCUT2D eigenvalue weighted by Gasteiger charge is -2.15. The van der Waals surface area contributed by atoms with Crippen LogP contribution >= 0.6 is 11.6 Å². The van der Waals surface area contributed by atoms with E-state index in [0.29, 0.717) is 11.7 Å². The molecule has 1 aromatic carbocycles. The van der Waals surface area contributed by atoms with Crippen LogP contribution in [0, 0.1) is 5.41 Å². The van der Waals surface area contributed by atoms with Crippen LogP contribution in [-0.4, -0.2) is 25.9 Å². The molecule has 0 unspecified atom stereocenters. The van der Waals surface area contributed by atoms with Gasteiger partial charge in [-0.3, -0.25) is 4.99 Å². The minimum Gasteiger partial charge on any atom is -0.493 e. The molecule has 0 radical (unpaired) electrons. The molecule has 0 N–H and O–H groups in total. The molecular formula is C15H22ClNO2. The van der Waals surface area contributed by atoms with Crippen LogP contribution in [0.1, 0.15) is 26.3 Å². The van der Waals surface area contributed by atoms with Gasteiger partial charge in [0.2, 0.25) is 0 Å². The standard InChI is InChI=1S/C15H22ClNO2/c1-15(2,3)14(16)17-9-8-11-6-7-12(18-4)13(10-11)19-5/h6-7,10H,8-9H2,1-5H3. The van der Waals surface area contributed by atoms with Crippen LogP contribution in [0.5, 0.6) is 11.5 Å². The highest BCUT2D eigenvalue weighted by atomic mass is 35.5. The van der Waals surface area contributed by atoms with Crippen molar-refractivity contribution in [2.45, 2.75) is 27.2 Å². The van der Waals surface area contributed by atoms with E-state index in [1.807, 2.05) is 18.2 Å². The number of nitrogens with zero attached hydrogens (tertiary/aromatic N) is 1. The first-order valence-electron chi connectivity index (χ1n) is 6.30. The van der Waals surface area contributed by atoms with E-state index in [1.165, 1.54) is 0 Å². The monoisotopic (exact) mass is 283 g/mol.